The molecule has 1 heterocycles. The molecule has 0 aromatic carbocycles. The van der Waals surface area contributed by atoms with Crippen LogP contribution in [0.1, 0.15) is 45.8 Å². The van der Waals surface area contributed by atoms with Crippen LogP contribution in [-0.2, 0) is 6.42 Å². The Morgan fingerprint density at radius 2 is 2.00 bits per heavy atom. The van der Waals surface area contributed by atoms with Crippen molar-refractivity contribution in [2.75, 3.05) is 0 Å². The Hall–Kier alpha value is -1.71. The number of nitrogens with zero attached hydrogens (tertiary/aromatic N) is 1. The highest BCUT2D eigenvalue weighted by molar-refractivity contribution is 5.98. The monoisotopic (exact) mass is 205 g/mol. The number of pyridine rings is 1. The number of fused-ring (bicyclic) bond motifs is 1. The van der Waals surface area contributed by atoms with Gasteiger partial charge in [-0.2, -0.15) is 0 Å². The number of aromatic nitrogens is 1. The molecule has 78 valence electrons. The summed E-state index contributed by atoms with van der Waals surface area (Å²) < 4.78 is 0. The molecule has 0 fully saturated rings. The summed E-state index contributed by atoms with van der Waals surface area (Å²) in [5.41, 5.74) is 1.25. The highest BCUT2D eigenvalue weighted by Gasteiger charge is 2.18. The zero-order chi connectivity index (χ0) is 10.8. The van der Waals surface area contributed by atoms with Crippen molar-refractivity contribution in [1.29, 1.82) is 0 Å². The minimum atomic E-state index is -1.05. The molecule has 1 aromatic heterocycles. The van der Waals surface area contributed by atoms with Gasteiger partial charge in [-0.1, -0.05) is 0 Å². The first-order valence-corrected chi connectivity index (χ1v) is 4.95. The zero-order valence-corrected chi connectivity index (χ0v) is 8.19. The van der Waals surface area contributed by atoms with Gasteiger partial charge in [0.25, 0.3) is 0 Å². The molecule has 0 aliphatic heterocycles. The molecular formula is C11H11NO3. The number of hydrogen-bond donors (Lipinski definition) is 1. The van der Waals surface area contributed by atoms with Crippen LogP contribution in [-0.4, -0.2) is 21.8 Å². The summed E-state index contributed by atoms with van der Waals surface area (Å²) in [4.78, 5) is 26.3. The first-order valence-electron chi connectivity index (χ1n) is 4.95. The van der Waals surface area contributed by atoms with E-state index in [1.165, 1.54) is 6.07 Å². The van der Waals surface area contributed by atoms with Crippen molar-refractivity contribution >= 4 is 11.8 Å². The smallest absolute Gasteiger partial charge is 0.354 e. The van der Waals surface area contributed by atoms with Gasteiger partial charge < -0.3 is 5.11 Å². The van der Waals surface area contributed by atoms with Gasteiger partial charge in [-0.25, -0.2) is 9.78 Å². The Balaban J connectivity index is 2.47. The number of carbonyl (C=O) groups excluding carboxylic acids is 1. The molecule has 1 aliphatic rings. The molecule has 4 nitrogen and oxygen atoms in total. The average molecular weight is 205 g/mol. The van der Waals surface area contributed by atoms with Crippen molar-refractivity contribution in [3.05, 3.63) is 29.1 Å². The fourth-order valence-corrected chi connectivity index (χ4v) is 1.78. The number of aryl methyl sites for hydroxylation is 1. The third kappa shape index (κ3) is 1.88. The minimum absolute atomic E-state index is 0.0171. The van der Waals surface area contributed by atoms with Crippen LogP contribution in [0.25, 0.3) is 0 Å². The number of rotatable bonds is 1. The molecule has 0 saturated carbocycles. The summed E-state index contributed by atoms with van der Waals surface area (Å²) in [5.74, 6) is -0.971. The van der Waals surface area contributed by atoms with E-state index in [0.717, 1.165) is 12.8 Å². The van der Waals surface area contributed by atoms with Gasteiger partial charge in [0, 0.05) is 12.0 Å². The normalized spacial score (nSPS) is 15.6. The molecule has 0 bridgehead atoms. The van der Waals surface area contributed by atoms with Crippen LogP contribution < -0.4 is 0 Å². The van der Waals surface area contributed by atoms with Crippen LogP contribution in [0, 0.1) is 0 Å². The number of Topliss-reactive ketones (excluding diaryl/α,β-unsaturated/α-hetero) is 1. The predicted octanol–water partition coefficient (Wildman–Crippen LogP) is 1.69. The molecule has 0 radical (unpaired) electrons. The molecule has 0 unspecified atom stereocenters. The molecule has 0 amide bonds. The number of aromatic carboxylic acids is 1. The van der Waals surface area contributed by atoms with Gasteiger partial charge in [0.1, 0.15) is 5.69 Å². The van der Waals surface area contributed by atoms with Crippen molar-refractivity contribution in [3.8, 4) is 0 Å². The second kappa shape index (κ2) is 3.81. The molecule has 15 heavy (non-hydrogen) atoms. The lowest BCUT2D eigenvalue weighted by Gasteiger charge is -2.03. The number of ketones is 1. The van der Waals surface area contributed by atoms with Crippen LogP contribution in [0.2, 0.25) is 0 Å². The van der Waals surface area contributed by atoms with Gasteiger partial charge in [-0.3, -0.25) is 4.79 Å². The van der Waals surface area contributed by atoms with E-state index in [1.54, 1.807) is 6.07 Å². The second-order valence-corrected chi connectivity index (χ2v) is 3.63. The van der Waals surface area contributed by atoms with E-state index < -0.39 is 5.97 Å². The predicted molar refractivity (Wildman–Crippen MR) is 53.1 cm³/mol. The minimum Gasteiger partial charge on any atom is -0.477 e. The van der Waals surface area contributed by atoms with Gasteiger partial charge >= 0.3 is 5.97 Å². The van der Waals surface area contributed by atoms with Crippen LogP contribution >= 0.6 is 0 Å². The van der Waals surface area contributed by atoms with Crippen LogP contribution in [0.5, 0.6) is 0 Å². The van der Waals surface area contributed by atoms with E-state index in [4.69, 9.17) is 5.11 Å². The van der Waals surface area contributed by atoms with Crippen molar-refractivity contribution in [3.63, 3.8) is 0 Å². The lowest BCUT2D eigenvalue weighted by atomic mass is 10.1. The highest BCUT2D eigenvalue weighted by Crippen LogP contribution is 2.19. The zero-order valence-electron chi connectivity index (χ0n) is 8.19. The van der Waals surface area contributed by atoms with Crippen LogP contribution in [0.15, 0.2) is 12.1 Å². The van der Waals surface area contributed by atoms with Crippen molar-refractivity contribution in [1.82, 2.24) is 4.98 Å². The molecule has 0 saturated heterocycles. The van der Waals surface area contributed by atoms with Crippen molar-refractivity contribution in [2.45, 2.75) is 25.7 Å². The molecule has 1 aromatic rings. The third-order valence-electron chi connectivity index (χ3n) is 2.56. The van der Waals surface area contributed by atoms with Crippen molar-refractivity contribution in [2.24, 2.45) is 0 Å². The quantitative estimate of drug-likeness (QED) is 0.708. The van der Waals surface area contributed by atoms with Gasteiger partial charge in [0.05, 0.1) is 5.69 Å². The summed E-state index contributed by atoms with van der Waals surface area (Å²) in [6.45, 7) is 0. The van der Waals surface area contributed by atoms with Gasteiger partial charge in [0.15, 0.2) is 5.78 Å². The average Bonchev–Trinajstić information content (AvgIpc) is 2.40. The molecule has 1 N–H and O–H groups in total. The number of hydrogen-bond acceptors (Lipinski definition) is 3. The molecule has 2 rings (SSSR count). The van der Waals surface area contributed by atoms with Crippen LogP contribution in [0.3, 0.4) is 0 Å². The summed E-state index contributed by atoms with van der Waals surface area (Å²) in [7, 11) is 0. The van der Waals surface area contributed by atoms with Gasteiger partial charge in [-0.05, 0) is 31.4 Å². The summed E-state index contributed by atoms with van der Waals surface area (Å²) in [6, 6.07) is 2.98. The Morgan fingerprint density at radius 3 is 2.73 bits per heavy atom. The summed E-state index contributed by atoms with van der Waals surface area (Å²) in [5, 5.41) is 8.78. The Morgan fingerprint density at radius 1 is 1.27 bits per heavy atom. The van der Waals surface area contributed by atoms with E-state index >= 15 is 0 Å². The van der Waals surface area contributed by atoms with E-state index in [2.05, 4.69) is 4.98 Å². The standard InChI is InChI=1S/C11H11NO3/c13-10-4-2-1-3-8-7(10)5-6-9(12-8)11(14)15/h5-6H,1-4H2,(H,14,15). The molecule has 1 aliphatic carbocycles. The van der Waals surface area contributed by atoms with Crippen molar-refractivity contribution < 1.29 is 14.7 Å². The van der Waals surface area contributed by atoms with E-state index in [9.17, 15) is 9.59 Å². The second-order valence-electron chi connectivity index (χ2n) is 3.63. The van der Waals surface area contributed by atoms with E-state index in [-0.39, 0.29) is 11.5 Å². The SMILES string of the molecule is O=C(O)c1ccc2c(n1)CCCCC2=O. The van der Waals surface area contributed by atoms with Crippen LogP contribution in [0.4, 0.5) is 0 Å². The first-order chi connectivity index (χ1) is 7.18. The lowest BCUT2D eigenvalue weighted by Crippen LogP contribution is -2.07. The van der Waals surface area contributed by atoms with Gasteiger partial charge in [-0.15, -0.1) is 0 Å². The Bertz CT molecular complexity index is 426. The molecular weight excluding hydrogens is 194 g/mol. The molecule has 0 spiro atoms. The maximum Gasteiger partial charge on any atom is 0.354 e. The lowest BCUT2D eigenvalue weighted by molar-refractivity contribution is 0.0689. The number of carbonyl (C=O) groups is 2. The number of carboxylic acids is 1. The maximum absolute atomic E-state index is 11.6. The van der Waals surface area contributed by atoms with E-state index in [0.29, 0.717) is 24.1 Å². The summed E-state index contributed by atoms with van der Waals surface area (Å²) in [6.07, 6.45) is 3.00. The van der Waals surface area contributed by atoms with Gasteiger partial charge in [0.2, 0.25) is 0 Å². The fraction of sp³-hybridized carbons (Fsp3) is 0.364. The molecule has 4 heteroatoms. The Labute approximate surface area is 87.0 Å². The fourth-order valence-electron chi connectivity index (χ4n) is 1.78. The molecule has 0 atom stereocenters. The highest BCUT2D eigenvalue weighted by atomic mass is 16.4. The Kier molecular flexibility index (Phi) is 2.49. The number of carboxylic acid groups (broad SMARTS) is 1. The topological polar surface area (TPSA) is 67.3 Å². The maximum atomic E-state index is 11.6. The first kappa shape index (κ1) is 9.83. The summed E-state index contributed by atoms with van der Waals surface area (Å²) >= 11 is 0. The van der Waals surface area contributed by atoms with E-state index in [1.807, 2.05) is 0 Å². The third-order valence-corrected chi connectivity index (χ3v) is 2.56. The largest absolute Gasteiger partial charge is 0.477 e.